The molecule has 1 aromatic heterocycles. The van der Waals surface area contributed by atoms with E-state index < -0.39 is 22.1 Å². The van der Waals surface area contributed by atoms with Gasteiger partial charge in [0, 0.05) is 16.6 Å². The zero-order valence-electron chi connectivity index (χ0n) is 10.5. The average Bonchev–Trinajstić information content (AvgIpc) is 2.76. The van der Waals surface area contributed by atoms with E-state index in [2.05, 4.69) is 4.72 Å². The fraction of sp³-hybridized carbons (Fsp3) is 0.250. The van der Waals surface area contributed by atoms with Gasteiger partial charge in [-0.1, -0.05) is 18.2 Å². The molecule has 0 bridgehead atoms. The molecule has 0 aliphatic carbocycles. The molecule has 0 aliphatic heterocycles. The number of aliphatic hydroxyl groups is 1. The zero-order valence-corrected chi connectivity index (χ0v) is 12.2. The molecule has 0 amide bonds. The molecule has 20 heavy (non-hydrogen) atoms. The maximum atomic E-state index is 12.3. The summed E-state index contributed by atoms with van der Waals surface area (Å²) in [5.41, 5.74) is 0. The van der Waals surface area contributed by atoms with Crippen LogP contribution in [0, 0.1) is 0 Å². The van der Waals surface area contributed by atoms with Gasteiger partial charge in [0.05, 0.1) is 6.10 Å². The molecule has 1 heterocycles. The van der Waals surface area contributed by atoms with Crippen LogP contribution in [0.1, 0.15) is 16.6 Å². The Morgan fingerprint density at radius 1 is 1.40 bits per heavy atom. The molecule has 0 saturated heterocycles. The van der Waals surface area contributed by atoms with Crippen LogP contribution in [0.15, 0.2) is 29.2 Å². The van der Waals surface area contributed by atoms with Crippen molar-refractivity contribution in [2.24, 2.45) is 0 Å². The molecule has 0 saturated carbocycles. The molecule has 2 aromatic rings. The maximum Gasteiger partial charge on any atom is 0.347 e. The van der Waals surface area contributed by atoms with Gasteiger partial charge in [0.15, 0.2) is 0 Å². The van der Waals surface area contributed by atoms with Crippen LogP contribution >= 0.6 is 11.3 Å². The van der Waals surface area contributed by atoms with E-state index in [4.69, 9.17) is 5.11 Å². The largest absolute Gasteiger partial charge is 0.477 e. The molecule has 0 radical (unpaired) electrons. The number of hydrogen-bond acceptors (Lipinski definition) is 5. The van der Waals surface area contributed by atoms with Crippen LogP contribution in [0.2, 0.25) is 0 Å². The number of carboxylic acids is 1. The highest BCUT2D eigenvalue weighted by atomic mass is 32.2. The fourth-order valence-corrected chi connectivity index (χ4v) is 4.59. The summed E-state index contributed by atoms with van der Waals surface area (Å²) in [4.78, 5) is 10.8. The number of sulfonamides is 1. The minimum atomic E-state index is -3.99. The highest BCUT2D eigenvalue weighted by Gasteiger charge is 2.28. The molecule has 0 spiro atoms. The number of carboxylic acid groups (broad SMARTS) is 1. The molecular weight excluding hydrogens is 302 g/mol. The van der Waals surface area contributed by atoms with E-state index in [1.807, 2.05) is 0 Å². The van der Waals surface area contributed by atoms with E-state index in [1.54, 1.807) is 24.3 Å². The van der Waals surface area contributed by atoms with Crippen molar-refractivity contribution in [1.82, 2.24) is 4.72 Å². The van der Waals surface area contributed by atoms with E-state index in [9.17, 15) is 18.3 Å². The number of hydrogen-bond donors (Lipinski definition) is 3. The Kier molecular flexibility index (Phi) is 4.09. The first-order valence-electron chi connectivity index (χ1n) is 5.75. The van der Waals surface area contributed by atoms with Gasteiger partial charge < -0.3 is 10.2 Å². The molecule has 2 rings (SSSR count). The minimum Gasteiger partial charge on any atom is -0.477 e. The van der Waals surface area contributed by atoms with Crippen molar-refractivity contribution in [2.75, 3.05) is 6.54 Å². The molecule has 0 unspecified atom stereocenters. The Morgan fingerprint density at radius 3 is 2.65 bits per heavy atom. The van der Waals surface area contributed by atoms with Crippen molar-refractivity contribution in [3.05, 3.63) is 29.1 Å². The Morgan fingerprint density at radius 2 is 2.05 bits per heavy atom. The lowest BCUT2D eigenvalue weighted by molar-refractivity contribution is 0.0698. The van der Waals surface area contributed by atoms with Crippen molar-refractivity contribution in [3.8, 4) is 0 Å². The van der Waals surface area contributed by atoms with Crippen molar-refractivity contribution in [2.45, 2.75) is 17.9 Å². The lowest BCUT2D eigenvalue weighted by Gasteiger charge is -2.08. The van der Waals surface area contributed by atoms with Crippen molar-refractivity contribution in [1.29, 1.82) is 0 Å². The molecule has 3 N–H and O–H groups in total. The third kappa shape index (κ3) is 2.83. The Hall–Kier alpha value is -1.48. The molecular formula is C12H13NO5S2. The monoisotopic (exact) mass is 315 g/mol. The number of rotatable bonds is 5. The lowest BCUT2D eigenvalue weighted by Crippen LogP contribution is -2.31. The first kappa shape index (κ1) is 14.9. The Labute approximate surface area is 119 Å². The van der Waals surface area contributed by atoms with Crippen LogP contribution in [-0.4, -0.2) is 37.2 Å². The summed E-state index contributed by atoms with van der Waals surface area (Å²) in [7, 11) is -3.99. The van der Waals surface area contributed by atoms with Gasteiger partial charge in [-0.25, -0.2) is 17.9 Å². The Bertz CT molecular complexity index is 748. The zero-order chi connectivity index (χ0) is 14.9. The highest BCUT2D eigenvalue weighted by molar-refractivity contribution is 7.90. The number of benzene rings is 1. The number of aliphatic hydroxyl groups excluding tert-OH is 1. The van der Waals surface area contributed by atoms with Crippen LogP contribution in [0.25, 0.3) is 10.1 Å². The minimum absolute atomic E-state index is 0.175. The number of fused-ring (bicyclic) bond motifs is 1. The van der Waals surface area contributed by atoms with Crippen molar-refractivity contribution < 1.29 is 23.4 Å². The van der Waals surface area contributed by atoms with Gasteiger partial charge in [0.25, 0.3) is 0 Å². The second-order valence-electron chi connectivity index (χ2n) is 4.26. The summed E-state index contributed by atoms with van der Waals surface area (Å²) in [5.74, 6) is -1.29. The molecule has 8 heteroatoms. The number of nitrogens with one attached hydrogen (secondary N) is 1. The normalized spacial score (nSPS) is 13.5. The van der Waals surface area contributed by atoms with E-state index in [0.717, 1.165) is 11.3 Å². The summed E-state index contributed by atoms with van der Waals surface area (Å²) in [6.45, 7) is 1.26. The molecule has 0 fully saturated rings. The molecule has 6 nitrogen and oxygen atoms in total. The van der Waals surface area contributed by atoms with Crippen LogP contribution < -0.4 is 4.72 Å². The van der Waals surface area contributed by atoms with Crippen LogP contribution in [0.4, 0.5) is 0 Å². The summed E-state index contributed by atoms with van der Waals surface area (Å²) >= 11 is 0.912. The molecule has 0 aliphatic rings. The Balaban J connectivity index is 2.62. The van der Waals surface area contributed by atoms with E-state index in [0.29, 0.717) is 10.1 Å². The summed E-state index contributed by atoms with van der Waals surface area (Å²) in [5, 5.41) is 18.7. The van der Waals surface area contributed by atoms with Crippen molar-refractivity contribution >= 4 is 37.4 Å². The SMILES string of the molecule is C[C@@H](O)CNS(=O)(=O)c1c(C(=O)O)sc2ccccc12. The van der Waals surface area contributed by atoms with Gasteiger partial charge in [-0.2, -0.15) is 0 Å². The number of thiophene rings is 1. The van der Waals surface area contributed by atoms with Crippen LogP contribution in [-0.2, 0) is 10.0 Å². The predicted molar refractivity (Wildman–Crippen MR) is 75.7 cm³/mol. The van der Waals surface area contributed by atoms with E-state index in [1.165, 1.54) is 6.92 Å². The number of carbonyl (C=O) groups is 1. The topological polar surface area (TPSA) is 104 Å². The first-order chi connectivity index (χ1) is 9.33. The van der Waals surface area contributed by atoms with Gasteiger partial charge in [0.2, 0.25) is 10.0 Å². The summed E-state index contributed by atoms with van der Waals surface area (Å²) in [6, 6.07) is 6.59. The summed E-state index contributed by atoms with van der Waals surface area (Å²) in [6.07, 6.45) is -0.858. The highest BCUT2D eigenvalue weighted by Crippen LogP contribution is 2.34. The lowest BCUT2D eigenvalue weighted by atomic mass is 10.2. The summed E-state index contributed by atoms with van der Waals surface area (Å²) < 4.78 is 27.3. The van der Waals surface area contributed by atoms with Gasteiger partial charge in [-0.05, 0) is 13.0 Å². The number of aromatic carboxylic acids is 1. The van der Waals surface area contributed by atoms with E-state index in [-0.39, 0.29) is 16.3 Å². The standard InChI is InChI=1S/C12H13NO5S2/c1-7(14)6-13-20(17,18)11-8-4-2-3-5-9(8)19-10(11)12(15)16/h2-5,7,13-14H,6H2,1H3,(H,15,16)/t7-/m1/s1. The van der Waals surface area contributed by atoms with Gasteiger partial charge >= 0.3 is 5.97 Å². The smallest absolute Gasteiger partial charge is 0.347 e. The van der Waals surface area contributed by atoms with Crippen molar-refractivity contribution in [3.63, 3.8) is 0 Å². The van der Waals surface area contributed by atoms with Gasteiger partial charge in [-0.15, -0.1) is 11.3 Å². The maximum absolute atomic E-state index is 12.3. The average molecular weight is 315 g/mol. The quantitative estimate of drug-likeness (QED) is 0.770. The predicted octanol–water partition coefficient (Wildman–Crippen LogP) is 1.26. The fourth-order valence-electron chi connectivity index (χ4n) is 1.73. The third-order valence-electron chi connectivity index (χ3n) is 2.58. The van der Waals surface area contributed by atoms with E-state index >= 15 is 0 Å². The second kappa shape index (κ2) is 5.49. The van der Waals surface area contributed by atoms with Gasteiger partial charge in [0.1, 0.15) is 9.77 Å². The van der Waals surface area contributed by atoms with Crippen LogP contribution in [0.5, 0.6) is 0 Å². The molecule has 1 atom stereocenters. The second-order valence-corrected chi connectivity index (χ2v) is 7.02. The molecule has 1 aromatic carbocycles. The van der Waals surface area contributed by atoms with Gasteiger partial charge in [-0.3, -0.25) is 0 Å². The first-order valence-corrected chi connectivity index (χ1v) is 8.05. The van der Waals surface area contributed by atoms with Crippen LogP contribution in [0.3, 0.4) is 0 Å². The third-order valence-corrected chi connectivity index (χ3v) is 5.38. The molecule has 108 valence electrons.